The Kier molecular flexibility index (Phi) is 4.87. The van der Waals surface area contributed by atoms with Crippen LogP contribution in [0.5, 0.6) is 5.75 Å². The van der Waals surface area contributed by atoms with E-state index in [1.807, 2.05) is 6.20 Å². The Morgan fingerprint density at radius 2 is 2.00 bits per heavy atom. The fourth-order valence-corrected chi connectivity index (χ4v) is 4.65. The number of benzene rings is 2. The van der Waals surface area contributed by atoms with Crippen molar-refractivity contribution in [2.75, 3.05) is 30.4 Å². The zero-order chi connectivity index (χ0) is 22.2. The monoisotopic (exact) mass is 438 g/mol. The van der Waals surface area contributed by atoms with E-state index in [9.17, 15) is 0 Å². The van der Waals surface area contributed by atoms with Crippen LogP contribution in [0.1, 0.15) is 24.8 Å². The number of hydrogen-bond donors (Lipinski definition) is 2. The van der Waals surface area contributed by atoms with E-state index in [4.69, 9.17) is 9.73 Å². The predicted molar refractivity (Wildman–Crippen MR) is 133 cm³/mol. The molecule has 1 fully saturated rings. The lowest BCUT2D eigenvalue weighted by atomic mass is 10.1. The molecule has 166 valence electrons. The van der Waals surface area contributed by atoms with Gasteiger partial charge in [-0.25, -0.2) is 4.99 Å². The van der Waals surface area contributed by atoms with Crippen molar-refractivity contribution >= 4 is 33.8 Å². The molecule has 3 aliphatic rings. The molecule has 0 atom stereocenters. The normalized spacial score (nSPS) is 17.5. The lowest BCUT2D eigenvalue weighted by Gasteiger charge is -2.29. The highest BCUT2D eigenvalue weighted by Gasteiger charge is 2.22. The molecule has 0 unspecified atom stereocenters. The minimum atomic E-state index is 0.817. The largest absolute Gasteiger partial charge is 0.495 e. The summed E-state index contributed by atoms with van der Waals surface area (Å²) in [6.45, 7) is 2.16. The molecule has 0 aliphatic carbocycles. The Morgan fingerprint density at radius 3 is 2.88 bits per heavy atom. The van der Waals surface area contributed by atoms with Crippen molar-refractivity contribution in [1.29, 1.82) is 0 Å². The smallest absolute Gasteiger partial charge is 0.155 e. The Morgan fingerprint density at radius 1 is 1.09 bits per heavy atom. The summed E-state index contributed by atoms with van der Waals surface area (Å²) in [5.41, 5.74) is 6.07. The van der Waals surface area contributed by atoms with Gasteiger partial charge in [-0.1, -0.05) is 24.3 Å². The van der Waals surface area contributed by atoms with Crippen LogP contribution >= 0.6 is 0 Å². The molecule has 0 radical (unpaired) electrons. The summed E-state index contributed by atoms with van der Waals surface area (Å²) < 4.78 is 5.74. The van der Waals surface area contributed by atoms with E-state index in [-0.39, 0.29) is 0 Å². The lowest BCUT2D eigenvalue weighted by Crippen LogP contribution is -2.28. The van der Waals surface area contributed by atoms with Crippen molar-refractivity contribution in [2.24, 2.45) is 4.99 Å². The molecule has 4 heterocycles. The number of methoxy groups -OCH3 is 1. The molecule has 7 nitrogen and oxygen atoms in total. The average Bonchev–Trinajstić information content (AvgIpc) is 3.56. The Balaban J connectivity index is 1.35. The number of rotatable bonds is 4. The van der Waals surface area contributed by atoms with Gasteiger partial charge >= 0.3 is 0 Å². The van der Waals surface area contributed by atoms with E-state index in [0.29, 0.717) is 0 Å². The maximum Gasteiger partial charge on any atom is 0.155 e. The third-order valence-electron chi connectivity index (χ3n) is 6.35. The van der Waals surface area contributed by atoms with Crippen LogP contribution in [0.3, 0.4) is 0 Å². The number of allylic oxidation sites excluding steroid dienone is 2. The third kappa shape index (κ3) is 3.65. The highest BCUT2D eigenvalue weighted by atomic mass is 16.5. The molecule has 1 saturated heterocycles. The van der Waals surface area contributed by atoms with Gasteiger partial charge in [0.2, 0.25) is 0 Å². The quantitative estimate of drug-likeness (QED) is 0.593. The number of aliphatic imine (C=N–C) groups is 1. The van der Waals surface area contributed by atoms with Gasteiger partial charge in [0, 0.05) is 48.2 Å². The summed E-state index contributed by atoms with van der Waals surface area (Å²) in [6.07, 6.45) is 13.7. The molecule has 7 heteroatoms. The number of nitrogens with zero attached hydrogens (tertiary/aromatic N) is 4. The van der Waals surface area contributed by atoms with Crippen LogP contribution in [-0.2, 0) is 0 Å². The lowest BCUT2D eigenvalue weighted by molar-refractivity contribution is 0.415. The fourth-order valence-electron chi connectivity index (χ4n) is 4.65. The van der Waals surface area contributed by atoms with Crippen LogP contribution in [0.15, 0.2) is 77.8 Å². The van der Waals surface area contributed by atoms with Gasteiger partial charge in [-0.3, -0.25) is 5.10 Å². The topological polar surface area (TPSA) is 68.8 Å². The van der Waals surface area contributed by atoms with E-state index in [1.54, 1.807) is 7.11 Å². The van der Waals surface area contributed by atoms with Gasteiger partial charge in [-0.15, -0.1) is 0 Å². The number of amidine groups is 1. The molecule has 2 aromatic carbocycles. The van der Waals surface area contributed by atoms with Crippen LogP contribution in [0.2, 0.25) is 0 Å². The minimum Gasteiger partial charge on any atom is -0.495 e. The number of fused-ring (bicyclic) bond motifs is 2. The van der Waals surface area contributed by atoms with Crippen molar-refractivity contribution in [1.82, 2.24) is 15.1 Å². The zero-order valence-electron chi connectivity index (χ0n) is 18.6. The Bertz CT molecular complexity index is 1330. The molecule has 3 aromatic rings. The molecule has 6 rings (SSSR count). The number of hydrogen-bond acceptors (Lipinski definition) is 6. The number of aromatic amines is 1. The van der Waals surface area contributed by atoms with Crippen molar-refractivity contribution in [3.8, 4) is 5.75 Å². The first-order chi connectivity index (χ1) is 16.3. The maximum atomic E-state index is 5.74. The van der Waals surface area contributed by atoms with Crippen LogP contribution in [0.25, 0.3) is 16.6 Å². The van der Waals surface area contributed by atoms with Gasteiger partial charge in [0.1, 0.15) is 5.75 Å². The van der Waals surface area contributed by atoms with E-state index >= 15 is 0 Å². The molecular formula is C26H26N6O. The van der Waals surface area contributed by atoms with Gasteiger partial charge in [-0.2, -0.15) is 5.10 Å². The van der Waals surface area contributed by atoms with Crippen LogP contribution in [0.4, 0.5) is 11.4 Å². The number of anilines is 2. The van der Waals surface area contributed by atoms with Crippen molar-refractivity contribution in [2.45, 2.75) is 19.3 Å². The van der Waals surface area contributed by atoms with E-state index in [1.165, 1.54) is 12.8 Å². The molecule has 0 amide bonds. The molecule has 1 aromatic heterocycles. The summed E-state index contributed by atoms with van der Waals surface area (Å²) in [5, 5.41) is 11.8. The first kappa shape index (κ1) is 19.7. The van der Waals surface area contributed by atoms with Crippen LogP contribution in [0, 0.1) is 0 Å². The highest BCUT2D eigenvalue weighted by Crippen LogP contribution is 2.35. The highest BCUT2D eigenvalue weighted by molar-refractivity contribution is 6.11. The van der Waals surface area contributed by atoms with Gasteiger partial charge in [0.05, 0.1) is 35.9 Å². The summed E-state index contributed by atoms with van der Waals surface area (Å²) >= 11 is 0. The summed E-state index contributed by atoms with van der Waals surface area (Å²) in [7, 11) is 1.74. The standard InChI is InChI=1S/C26H26N6O/c1-33-25-15-20(9-10-23(25)31-11-4-5-12-31)28-26-24-6-2-3-13-32(24)17-22(29-26)18-7-8-19-16-27-30-21(19)14-18/h3,6-10,13-17H,2,4-5,11-12H2,1H3,(H,27,30)(H,28,29). The van der Waals surface area contributed by atoms with Crippen LogP contribution in [-0.4, -0.2) is 41.1 Å². The van der Waals surface area contributed by atoms with E-state index in [2.05, 4.69) is 86.3 Å². The Labute approximate surface area is 192 Å². The zero-order valence-corrected chi connectivity index (χ0v) is 18.6. The second-order valence-electron chi connectivity index (χ2n) is 8.47. The average molecular weight is 439 g/mol. The molecular weight excluding hydrogens is 412 g/mol. The minimum absolute atomic E-state index is 0.817. The summed E-state index contributed by atoms with van der Waals surface area (Å²) in [4.78, 5) is 9.53. The summed E-state index contributed by atoms with van der Waals surface area (Å²) in [5.74, 6) is 1.70. The van der Waals surface area contributed by atoms with E-state index in [0.717, 1.165) is 70.3 Å². The SMILES string of the molecule is COc1cc(NC2=NC(c3ccc4cn[nH]c4c3)=CN3C=CCC=C23)ccc1N1CCCC1. The van der Waals surface area contributed by atoms with E-state index < -0.39 is 0 Å². The van der Waals surface area contributed by atoms with Gasteiger partial charge < -0.3 is 19.9 Å². The number of aromatic nitrogens is 2. The predicted octanol–water partition coefficient (Wildman–Crippen LogP) is 5.10. The van der Waals surface area contributed by atoms with Crippen molar-refractivity contribution < 1.29 is 4.74 Å². The number of nitrogens with one attached hydrogen (secondary N) is 2. The Hall–Kier alpha value is -4.00. The van der Waals surface area contributed by atoms with Crippen LogP contribution < -0.4 is 15.0 Å². The molecule has 2 N–H and O–H groups in total. The molecule has 0 saturated carbocycles. The summed E-state index contributed by atoms with van der Waals surface area (Å²) in [6, 6.07) is 12.6. The van der Waals surface area contributed by atoms with Gasteiger partial charge in [0.15, 0.2) is 5.84 Å². The second-order valence-corrected chi connectivity index (χ2v) is 8.47. The third-order valence-corrected chi connectivity index (χ3v) is 6.35. The molecule has 0 spiro atoms. The first-order valence-corrected chi connectivity index (χ1v) is 11.4. The maximum absolute atomic E-state index is 5.74. The molecule has 3 aliphatic heterocycles. The van der Waals surface area contributed by atoms with Gasteiger partial charge in [-0.05, 0) is 37.5 Å². The fraction of sp³-hybridized carbons (Fsp3) is 0.231. The number of H-pyrrole nitrogens is 1. The second kappa shape index (κ2) is 8.16. The first-order valence-electron chi connectivity index (χ1n) is 11.4. The van der Waals surface area contributed by atoms with Gasteiger partial charge in [0.25, 0.3) is 0 Å². The molecule has 0 bridgehead atoms. The van der Waals surface area contributed by atoms with Crippen molar-refractivity contribution in [3.05, 3.63) is 78.4 Å². The number of ether oxygens (including phenoxy) is 1. The molecule has 33 heavy (non-hydrogen) atoms. The van der Waals surface area contributed by atoms with Crippen molar-refractivity contribution in [3.63, 3.8) is 0 Å².